The minimum absolute atomic E-state index is 0.153. The zero-order valence-electron chi connectivity index (χ0n) is 11.3. The fraction of sp³-hybridized carbons (Fsp3) is 0.600. The van der Waals surface area contributed by atoms with Crippen LogP contribution in [0.1, 0.15) is 25.8 Å². The van der Waals surface area contributed by atoms with Gasteiger partial charge in [0.2, 0.25) is 0 Å². The minimum Gasteiger partial charge on any atom is -0.313 e. The minimum atomic E-state index is -0.153. The van der Waals surface area contributed by atoms with Crippen LogP contribution in [0, 0.1) is 5.82 Å². The van der Waals surface area contributed by atoms with Gasteiger partial charge in [-0.25, -0.2) is 4.39 Å². The van der Waals surface area contributed by atoms with Crippen molar-refractivity contribution in [3.8, 4) is 0 Å². The molecule has 0 spiro atoms. The van der Waals surface area contributed by atoms with E-state index in [1.54, 1.807) is 12.1 Å². The van der Waals surface area contributed by atoms with Crippen LogP contribution in [0.4, 0.5) is 4.39 Å². The summed E-state index contributed by atoms with van der Waals surface area (Å²) in [5, 5.41) is 3.51. The predicted molar refractivity (Wildman–Crippen MR) is 73.2 cm³/mol. The Hall–Kier alpha value is -0.930. The molecule has 0 saturated carbocycles. The molecular formula is C15H23FN2. The van der Waals surface area contributed by atoms with Gasteiger partial charge in [0.25, 0.3) is 0 Å². The van der Waals surface area contributed by atoms with Gasteiger partial charge in [-0.2, -0.15) is 0 Å². The molecular weight excluding hydrogens is 227 g/mol. The zero-order chi connectivity index (χ0) is 13.0. The SMILES string of the molecule is CCNC1CCN(C(C)Cc2ccc(F)cc2)C1. The van der Waals surface area contributed by atoms with Crippen LogP contribution in [-0.4, -0.2) is 36.6 Å². The summed E-state index contributed by atoms with van der Waals surface area (Å²) in [6, 6.07) is 8.05. The van der Waals surface area contributed by atoms with Crippen LogP contribution >= 0.6 is 0 Å². The van der Waals surface area contributed by atoms with E-state index in [0.717, 1.165) is 19.5 Å². The second-order valence-electron chi connectivity index (χ2n) is 5.22. The van der Waals surface area contributed by atoms with Crippen LogP contribution in [0.5, 0.6) is 0 Å². The molecule has 2 rings (SSSR count). The molecule has 100 valence electrons. The molecule has 0 aromatic heterocycles. The standard InChI is InChI=1S/C15H23FN2/c1-3-17-15-8-9-18(11-15)12(2)10-13-4-6-14(16)7-5-13/h4-7,12,15,17H,3,8-11H2,1-2H3. The van der Waals surface area contributed by atoms with Crippen molar-refractivity contribution in [2.24, 2.45) is 0 Å². The molecule has 1 aliphatic rings. The maximum absolute atomic E-state index is 12.8. The summed E-state index contributed by atoms with van der Waals surface area (Å²) in [5.74, 6) is -0.153. The average molecular weight is 250 g/mol. The van der Waals surface area contributed by atoms with E-state index in [4.69, 9.17) is 0 Å². The number of nitrogens with zero attached hydrogens (tertiary/aromatic N) is 1. The Morgan fingerprint density at radius 2 is 2.11 bits per heavy atom. The fourth-order valence-corrected chi connectivity index (χ4v) is 2.73. The number of hydrogen-bond donors (Lipinski definition) is 1. The normalized spacial score (nSPS) is 22.3. The Labute approximate surface area is 109 Å². The molecule has 18 heavy (non-hydrogen) atoms. The number of halogens is 1. The summed E-state index contributed by atoms with van der Waals surface area (Å²) in [6.45, 7) is 7.77. The lowest BCUT2D eigenvalue weighted by Gasteiger charge is -2.24. The van der Waals surface area contributed by atoms with Gasteiger partial charge in [0, 0.05) is 25.2 Å². The summed E-state index contributed by atoms with van der Waals surface area (Å²) < 4.78 is 12.8. The second kappa shape index (κ2) is 6.30. The molecule has 1 aromatic carbocycles. The largest absolute Gasteiger partial charge is 0.313 e. The van der Waals surface area contributed by atoms with Gasteiger partial charge < -0.3 is 5.32 Å². The van der Waals surface area contributed by atoms with E-state index in [0.29, 0.717) is 12.1 Å². The smallest absolute Gasteiger partial charge is 0.123 e. The van der Waals surface area contributed by atoms with Crippen molar-refractivity contribution < 1.29 is 4.39 Å². The maximum Gasteiger partial charge on any atom is 0.123 e. The highest BCUT2D eigenvalue weighted by molar-refractivity contribution is 5.17. The number of nitrogens with one attached hydrogen (secondary N) is 1. The highest BCUT2D eigenvalue weighted by Crippen LogP contribution is 2.16. The summed E-state index contributed by atoms with van der Waals surface area (Å²) in [7, 11) is 0. The van der Waals surface area contributed by atoms with Crippen molar-refractivity contribution in [1.82, 2.24) is 10.2 Å². The Bertz CT molecular complexity index is 363. The van der Waals surface area contributed by atoms with Gasteiger partial charge in [-0.05, 0) is 44.0 Å². The first-order chi connectivity index (χ1) is 8.69. The molecule has 0 radical (unpaired) electrons. The van der Waals surface area contributed by atoms with E-state index < -0.39 is 0 Å². The molecule has 0 amide bonds. The predicted octanol–water partition coefficient (Wildman–Crippen LogP) is 2.44. The second-order valence-corrected chi connectivity index (χ2v) is 5.22. The molecule has 0 bridgehead atoms. The van der Waals surface area contributed by atoms with Crippen LogP contribution < -0.4 is 5.32 Å². The third-order valence-electron chi connectivity index (χ3n) is 3.78. The highest BCUT2D eigenvalue weighted by atomic mass is 19.1. The van der Waals surface area contributed by atoms with Gasteiger partial charge in [-0.1, -0.05) is 19.1 Å². The first kappa shape index (κ1) is 13.5. The summed E-state index contributed by atoms with van der Waals surface area (Å²) in [4.78, 5) is 2.52. The monoisotopic (exact) mass is 250 g/mol. The molecule has 1 fully saturated rings. The molecule has 2 nitrogen and oxygen atoms in total. The molecule has 0 aliphatic carbocycles. The van der Waals surface area contributed by atoms with E-state index >= 15 is 0 Å². The third-order valence-corrected chi connectivity index (χ3v) is 3.78. The molecule has 3 heteroatoms. The molecule has 1 heterocycles. The molecule has 1 N–H and O–H groups in total. The first-order valence-corrected chi connectivity index (χ1v) is 6.91. The van der Waals surface area contributed by atoms with Crippen LogP contribution in [0.2, 0.25) is 0 Å². The van der Waals surface area contributed by atoms with Crippen LogP contribution in [0.15, 0.2) is 24.3 Å². The van der Waals surface area contributed by atoms with Gasteiger partial charge in [0.1, 0.15) is 5.82 Å². The third kappa shape index (κ3) is 3.53. The first-order valence-electron chi connectivity index (χ1n) is 6.91. The Morgan fingerprint density at radius 3 is 2.78 bits per heavy atom. The van der Waals surface area contributed by atoms with Gasteiger partial charge in [-0.3, -0.25) is 4.90 Å². The Morgan fingerprint density at radius 1 is 1.39 bits per heavy atom. The van der Waals surface area contributed by atoms with E-state index in [1.807, 2.05) is 12.1 Å². The highest BCUT2D eigenvalue weighted by Gasteiger charge is 2.25. The van der Waals surface area contributed by atoms with Crippen molar-refractivity contribution in [3.05, 3.63) is 35.6 Å². The number of likely N-dealkylation sites (N-methyl/N-ethyl adjacent to an activating group) is 1. The summed E-state index contributed by atoms with van der Waals surface area (Å²) in [5.41, 5.74) is 1.22. The Balaban J connectivity index is 1.85. The van der Waals surface area contributed by atoms with Crippen LogP contribution in [-0.2, 0) is 6.42 Å². The molecule has 1 aromatic rings. The topological polar surface area (TPSA) is 15.3 Å². The lowest BCUT2D eigenvalue weighted by Crippen LogP contribution is -2.37. The molecule has 1 saturated heterocycles. The lowest BCUT2D eigenvalue weighted by molar-refractivity contribution is 0.251. The fourth-order valence-electron chi connectivity index (χ4n) is 2.73. The van der Waals surface area contributed by atoms with Gasteiger partial charge in [0.05, 0.1) is 0 Å². The van der Waals surface area contributed by atoms with Crippen LogP contribution in [0.3, 0.4) is 0 Å². The van der Waals surface area contributed by atoms with Crippen molar-refractivity contribution in [3.63, 3.8) is 0 Å². The zero-order valence-corrected chi connectivity index (χ0v) is 11.3. The number of benzene rings is 1. The molecule has 2 atom stereocenters. The molecule has 1 aliphatic heterocycles. The van der Waals surface area contributed by atoms with E-state index in [2.05, 4.69) is 24.1 Å². The van der Waals surface area contributed by atoms with Crippen LogP contribution in [0.25, 0.3) is 0 Å². The lowest BCUT2D eigenvalue weighted by atomic mass is 10.1. The van der Waals surface area contributed by atoms with Crippen molar-refractivity contribution in [2.75, 3.05) is 19.6 Å². The number of rotatable bonds is 5. The summed E-state index contributed by atoms with van der Waals surface area (Å²) >= 11 is 0. The van der Waals surface area contributed by atoms with E-state index in [1.165, 1.54) is 18.5 Å². The average Bonchev–Trinajstić information content (AvgIpc) is 2.81. The van der Waals surface area contributed by atoms with Gasteiger partial charge >= 0.3 is 0 Å². The van der Waals surface area contributed by atoms with Gasteiger partial charge in [0.15, 0.2) is 0 Å². The van der Waals surface area contributed by atoms with Crippen molar-refractivity contribution in [2.45, 2.75) is 38.8 Å². The van der Waals surface area contributed by atoms with Crippen molar-refractivity contribution >= 4 is 0 Å². The van der Waals surface area contributed by atoms with Crippen molar-refractivity contribution in [1.29, 1.82) is 0 Å². The van der Waals surface area contributed by atoms with Gasteiger partial charge in [-0.15, -0.1) is 0 Å². The van der Waals surface area contributed by atoms with E-state index in [9.17, 15) is 4.39 Å². The Kier molecular flexibility index (Phi) is 4.72. The number of likely N-dealkylation sites (tertiary alicyclic amines) is 1. The number of hydrogen-bond acceptors (Lipinski definition) is 2. The maximum atomic E-state index is 12.8. The van der Waals surface area contributed by atoms with E-state index in [-0.39, 0.29) is 5.82 Å². The molecule has 2 unspecified atom stereocenters. The summed E-state index contributed by atoms with van der Waals surface area (Å²) in [6.07, 6.45) is 2.24. The quantitative estimate of drug-likeness (QED) is 0.863.